The van der Waals surface area contributed by atoms with Gasteiger partial charge in [0.1, 0.15) is 30.4 Å². The molecule has 2 aliphatic heterocycles. The molecule has 2 atom stereocenters. The van der Waals surface area contributed by atoms with E-state index in [1.165, 1.54) is 6.07 Å². The quantitative estimate of drug-likeness (QED) is 0.469. The lowest BCUT2D eigenvalue weighted by Crippen LogP contribution is -2.41. The number of ether oxygens (including phenoxy) is 2. The van der Waals surface area contributed by atoms with Gasteiger partial charge in [0.25, 0.3) is 0 Å². The first-order chi connectivity index (χ1) is 13.6. The van der Waals surface area contributed by atoms with Crippen LogP contribution in [0.3, 0.4) is 0 Å². The molecular formula is C21H35FN2O3SSi. The average molecular weight is 443 g/mol. The van der Waals surface area contributed by atoms with Gasteiger partial charge >= 0.3 is 0 Å². The summed E-state index contributed by atoms with van der Waals surface area (Å²) in [5.74, 6) is 2.50. The number of nitrogens with one attached hydrogen (secondary N) is 1. The Morgan fingerprint density at radius 3 is 2.48 bits per heavy atom. The second-order valence-electron chi connectivity index (χ2n) is 9.24. The van der Waals surface area contributed by atoms with Gasteiger partial charge in [0.2, 0.25) is 0 Å². The summed E-state index contributed by atoms with van der Waals surface area (Å²) in [6.07, 6.45) is 0.116. The molecule has 0 bridgehead atoms. The minimum Gasteiger partial charge on any atom is -0.489 e. The Kier molecular flexibility index (Phi) is 7.08. The van der Waals surface area contributed by atoms with Crippen molar-refractivity contribution in [3.05, 3.63) is 17.9 Å². The van der Waals surface area contributed by atoms with Crippen molar-refractivity contribution in [1.82, 2.24) is 0 Å². The van der Waals surface area contributed by atoms with Gasteiger partial charge in [-0.1, -0.05) is 20.8 Å². The van der Waals surface area contributed by atoms with Gasteiger partial charge in [0.15, 0.2) is 8.32 Å². The van der Waals surface area contributed by atoms with Gasteiger partial charge in [-0.25, -0.2) is 4.39 Å². The Hall–Kier alpha value is -0.963. The highest BCUT2D eigenvalue weighted by molar-refractivity contribution is 7.99. The summed E-state index contributed by atoms with van der Waals surface area (Å²) in [5, 5.41) is 3.22. The Morgan fingerprint density at radius 2 is 1.86 bits per heavy atom. The molecule has 1 aromatic carbocycles. The second-order valence-corrected chi connectivity index (χ2v) is 15.3. The monoisotopic (exact) mass is 442 g/mol. The predicted octanol–water partition coefficient (Wildman–Crippen LogP) is 4.59. The van der Waals surface area contributed by atoms with Crippen molar-refractivity contribution < 1.29 is 18.3 Å². The molecule has 0 spiro atoms. The van der Waals surface area contributed by atoms with Gasteiger partial charge in [-0.3, -0.25) is 0 Å². The number of anilines is 2. The molecule has 0 unspecified atom stereocenters. The number of hydrogen-bond donors (Lipinski definition) is 1. The third-order valence-corrected chi connectivity index (χ3v) is 11.6. The molecular weight excluding hydrogens is 407 g/mol. The molecule has 164 valence electrons. The number of benzene rings is 1. The molecule has 2 heterocycles. The van der Waals surface area contributed by atoms with Gasteiger partial charge < -0.3 is 24.1 Å². The van der Waals surface area contributed by atoms with Crippen LogP contribution in [0.2, 0.25) is 18.1 Å². The molecule has 3 rings (SSSR count). The maximum absolute atomic E-state index is 14.6. The lowest BCUT2D eigenvalue weighted by Gasteiger charge is -2.36. The van der Waals surface area contributed by atoms with Crippen molar-refractivity contribution in [1.29, 1.82) is 0 Å². The van der Waals surface area contributed by atoms with Crippen LogP contribution in [0.15, 0.2) is 12.1 Å². The summed E-state index contributed by atoms with van der Waals surface area (Å²) in [6, 6.07) is 3.35. The molecule has 0 saturated carbocycles. The fraction of sp³-hybridized carbons (Fsp3) is 0.714. The zero-order valence-corrected chi connectivity index (χ0v) is 20.3. The Bertz CT molecular complexity index is 708. The molecule has 29 heavy (non-hydrogen) atoms. The Balaban J connectivity index is 1.57. The lowest BCUT2D eigenvalue weighted by molar-refractivity contribution is 0.234. The smallest absolute Gasteiger partial charge is 0.192 e. The van der Waals surface area contributed by atoms with E-state index < -0.39 is 8.32 Å². The molecule has 2 saturated heterocycles. The summed E-state index contributed by atoms with van der Waals surface area (Å²) in [4.78, 5) is 2.10. The fourth-order valence-electron chi connectivity index (χ4n) is 3.06. The van der Waals surface area contributed by atoms with Crippen LogP contribution in [0, 0.1) is 5.82 Å². The molecule has 5 nitrogen and oxygen atoms in total. The molecule has 0 aliphatic carbocycles. The van der Waals surface area contributed by atoms with E-state index in [9.17, 15) is 4.39 Å². The van der Waals surface area contributed by atoms with Crippen molar-refractivity contribution in [2.75, 3.05) is 55.1 Å². The standard InChI is InChI=1S/C21H35FN2O3SSi/c1-21(2,3)29(5,6)26-14-20-19(27-20)13-25-18-12-17(15(22)11-16(18)23-4)24-7-9-28-10-8-24/h11-12,19-20,23H,7-10,13-14H2,1-6H3/t19-,20+/m0/s1. The number of rotatable bonds is 8. The zero-order valence-electron chi connectivity index (χ0n) is 18.5. The number of hydrogen-bond acceptors (Lipinski definition) is 6. The van der Waals surface area contributed by atoms with Crippen LogP contribution in [-0.4, -0.2) is 65.4 Å². The van der Waals surface area contributed by atoms with E-state index in [4.69, 9.17) is 13.9 Å². The fourth-order valence-corrected chi connectivity index (χ4v) is 4.97. The summed E-state index contributed by atoms with van der Waals surface area (Å²) < 4.78 is 32.6. The largest absolute Gasteiger partial charge is 0.489 e. The first kappa shape index (κ1) is 22.7. The number of epoxide rings is 1. The minimum absolute atomic E-state index is 0.0318. The van der Waals surface area contributed by atoms with Crippen LogP contribution >= 0.6 is 11.8 Å². The van der Waals surface area contributed by atoms with E-state index in [-0.39, 0.29) is 23.1 Å². The SMILES string of the molecule is CNc1cc(F)c(N2CCSCC2)cc1OC[C@@H]1O[C@@H]1CO[Si](C)(C)C(C)(C)C. The van der Waals surface area contributed by atoms with Crippen LogP contribution in [0.25, 0.3) is 0 Å². The molecule has 1 N–H and O–H groups in total. The molecule has 0 radical (unpaired) electrons. The molecule has 2 fully saturated rings. The lowest BCUT2D eigenvalue weighted by atomic mass is 10.2. The van der Waals surface area contributed by atoms with Crippen molar-refractivity contribution in [2.24, 2.45) is 0 Å². The van der Waals surface area contributed by atoms with Crippen LogP contribution in [-0.2, 0) is 9.16 Å². The zero-order chi connectivity index (χ0) is 21.2. The van der Waals surface area contributed by atoms with Gasteiger partial charge in [-0.2, -0.15) is 11.8 Å². The summed E-state index contributed by atoms with van der Waals surface area (Å²) >= 11 is 1.91. The molecule has 8 heteroatoms. The van der Waals surface area contributed by atoms with E-state index in [1.54, 1.807) is 7.05 Å². The van der Waals surface area contributed by atoms with E-state index in [0.29, 0.717) is 30.3 Å². The van der Waals surface area contributed by atoms with Crippen LogP contribution < -0.4 is 15.0 Å². The Morgan fingerprint density at radius 1 is 1.21 bits per heavy atom. The van der Waals surface area contributed by atoms with Gasteiger partial charge in [0, 0.05) is 43.8 Å². The minimum atomic E-state index is -1.77. The second kappa shape index (κ2) is 9.04. The van der Waals surface area contributed by atoms with E-state index in [2.05, 4.69) is 44.1 Å². The van der Waals surface area contributed by atoms with Crippen molar-refractivity contribution in [3.63, 3.8) is 0 Å². The number of halogens is 1. The Labute approximate surface area is 179 Å². The first-order valence-corrected chi connectivity index (χ1v) is 14.4. The first-order valence-electron chi connectivity index (χ1n) is 10.4. The summed E-state index contributed by atoms with van der Waals surface area (Å²) in [5.41, 5.74) is 1.28. The van der Waals surface area contributed by atoms with E-state index >= 15 is 0 Å². The topological polar surface area (TPSA) is 46.3 Å². The summed E-state index contributed by atoms with van der Waals surface area (Å²) in [6.45, 7) is 14.0. The maximum Gasteiger partial charge on any atom is 0.192 e. The van der Waals surface area contributed by atoms with Crippen molar-refractivity contribution in [2.45, 2.75) is 51.1 Å². The third kappa shape index (κ3) is 5.60. The number of thioether (sulfide) groups is 1. The molecule has 0 amide bonds. The van der Waals surface area contributed by atoms with Gasteiger partial charge in [0.05, 0.1) is 18.0 Å². The normalized spacial score (nSPS) is 22.5. The van der Waals surface area contributed by atoms with Gasteiger partial charge in [-0.05, 0) is 18.1 Å². The van der Waals surface area contributed by atoms with Gasteiger partial charge in [-0.15, -0.1) is 0 Å². The van der Waals surface area contributed by atoms with Crippen LogP contribution in [0.5, 0.6) is 5.75 Å². The third-order valence-electron chi connectivity index (χ3n) is 6.18. The predicted molar refractivity (Wildman–Crippen MR) is 123 cm³/mol. The highest BCUT2D eigenvalue weighted by Crippen LogP contribution is 2.38. The average Bonchev–Trinajstić information content (AvgIpc) is 3.43. The van der Waals surface area contributed by atoms with E-state index in [0.717, 1.165) is 24.6 Å². The van der Waals surface area contributed by atoms with Crippen LogP contribution in [0.1, 0.15) is 20.8 Å². The molecule has 2 aliphatic rings. The highest BCUT2D eigenvalue weighted by atomic mass is 32.2. The highest BCUT2D eigenvalue weighted by Gasteiger charge is 2.44. The molecule has 0 aromatic heterocycles. The van der Waals surface area contributed by atoms with E-state index in [1.807, 2.05) is 17.8 Å². The van der Waals surface area contributed by atoms with Crippen LogP contribution in [0.4, 0.5) is 15.8 Å². The summed E-state index contributed by atoms with van der Waals surface area (Å²) in [7, 11) is 0.00841. The molecule has 1 aromatic rings. The van der Waals surface area contributed by atoms with Crippen molar-refractivity contribution >= 4 is 31.5 Å². The number of nitrogens with zero attached hydrogens (tertiary/aromatic N) is 1. The maximum atomic E-state index is 14.6. The van der Waals surface area contributed by atoms with Crippen molar-refractivity contribution in [3.8, 4) is 5.75 Å².